The Balaban J connectivity index is 2.06. The van der Waals surface area contributed by atoms with E-state index in [1.54, 1.807) is 0 Å². The highest BCUT2D eigenvalue weighted by molar-refractivity contribution is 8.00. The molecule has 5 atom stereocenters. The molecule has 0 aromatic carbocycles. The molecule has 4 N–H and O–H groups in total. The maximum Gasteiger partial charge on any atom is 0.317 e. The molecule has 15 heteroatoms. The second-order valence-electron chi connectivity index (χ2n) is 33.7. The van der Waals surface area contributed by atoms with Gasteiger partial charge in [-0.15, -0.1) is 11.8 Å². The SMILES string of the molecule is CCC(C)(C)C(=O)OCCCC(CC)(CC)C(=O)Nc1c(COC2C(C(C)(C)C)CC(C)CC2C(C)(C)C)c(C(C)C)c(/C=C2\N=C(NC(=O)C(CC)(CC)CCCSC(CC(=O)O)C(=O)O)C(COC3C(C(C)(C)C)CC(C)CC3C(C)(C)C)=C2C(C)C)n1C. The fourth-order valence-corrected chi connectivity index (χ4v) is 16.3. The molecule has 1 aromatic heterocycles. The van der Waals surface area contributed by atoms with Crippen molar-refractivity contribution >= 4 is 59.2 Å². The Labute approximate surface area is 557 Å². The van der Waals surface area contributed by atoms with Gasteiger partial charge in [-0.05, 0) is 189 Å². The highest BCUT2D eigenvalue weighted by atomic mass is 32.2. The first kappa shape index (κ1) is 79.5. The zero-order valence-electron chi connectivity index (χ0n) is 62.1. The molecular formula is C76H130N4O10S. The Morgan fingerprint density at radius 3 is 1.47 bits per heavy atom. The van der Waals surface area contributed by atoms with Crippen molar-refractivity contribution in [2.75, 3.05) is 24.3 Å². The van der Waals surface area contributed by atoms with Gasteiger partial charge in [-0.25, -0.2) is 4.99 Å². The fraction of sp³-hybridized carbons (Fsp3) is 0.816. The van der Waals surface area contributed by atoms with Crippen LogP contribution < -0.4 is 10.6 Å². The van der Waals surface area contributed by atoms with E-state index in [2.05, 4.69) is 160 Å². The third-order valence-electron chi connectivity index (χ3n) is 22.0. The molecule has 1 aromatic rings. The second-order valence-corrected chi connectivity index (χ2v) is 35.0. The molecular weight excluding hydrogens is 1160 g/mol. The number of hydrogen-bond acceptors (Lipinski definition) is 10. The number of rotatable bonds is 30. The standard InChI is InChI=1S/C76H130N4O10S/c1-27-74(24,25)69(87)88-36-32-34-75(28-2,29-3)68(86)79-65-51(45-90-63-54(72(18,19)20)40-49(11)41-55(63)73(21,22)23)61(47(8)9)57(80(65)26)42-56-60(46(6)7)50(44-89-62-52(70(12,13)14)38-48(10)39-53(62)71(15,16)17)64(77-56)78-67(85)76(30-4,31-5)35-33-37-91-58(66(83)84)43-59(81)82/h42,46-49,52-55,58,62-63H,27-41,43-45H2,1-26H3,(H,79,86)(H,81,82)(H,83,84)(H,77,78,85)/b56-42-. The van der Waals surface area contributed by atoms with Gasteiger partial charge in [-0.2, -0.15) is 0 Å². The highest BCUT2D eigenvalue weighted by Crippen LogP contribution is 2.53. The first-order chi connectivity index (χ1) is 41.9. The van der Waals surface area contributed by atoms with Crippen LogP contribution in [0.15, 0.2) is 21.8 Å². The highest BCUT2D eigenvalue weighted by Gasteiger charge is 2.49. The lowest BCUT2D eigenvalue weighted by atomic mass is 9.59. The van der Waals surface area contributed by atoms with Crippen molar-refractivity contribution < 1.29 is 48.4 Å². The molecule has 0 saturated heterocycles. The summed E-state index contributed by atoms with van der Waals surface area (Å²) in [6.07, 6.45) is 10.7. The quantitative estimate of drug-likeness (QED) is 0.0423. The average molecular weight is 1290 g/mol. The first-order valence-electron chi connectivity index (χ1n) is 35.3. The number of amidine groups is 1. The smallest absolute Gasteiger partial charge is 0.317 e. The van der Waals surface area contributed by atoms with Gasteiger partial charge in [0.25, 0.3) is 0 Å². The summed E-state index contributed by atoms with van der Waals surface area (Å²) in [5, 5.41) is 25.2. The number of carboxylic acid groups (broad SMARTS) is 2. The van der Waals surface area contributed by atoms with Crippen LogP contribution in [0.1, 0.15) is 286 Å². The van der Waals surface area contributed by atoms with E-state index in [0.717, 1.165) is 65.4 Å². The van der Waals surface area contributed by atoms with E-state index >= 15 is 9.59 Å². The molecule has 14 nitrogen and oxygen atoms in total. The number of carbonyl (C=O) groups is 5. The van der Waals surface area contributed by atoms with Gasteiger partial charge in [-0.3, -0.25) is 24.0 Å². The van der Waals surface area contributed by atoms with Crippen molar-refractivity contribution in [1.29, 1.82) is 0 Å². The van der Waals surface area contributed by atoms with Gasteiger partial charge in [0.05, 0.1) is 49.6 Å². The van der Waals surface area contributed by atoms with Crippen LogP contribution in [0, 0.1) is 79.3 Å². The number of aliphatic carboxylic acids is 2. The zero-order valence-corrected chi connectivity index (χ0v) is 62.9. The summed E-state index contributed by atoms with van der Waals surface area (Å²) < 4.78 is 23.0. The Morgan fingerprint density at radius 2 is 1.08 bits per heavy atom. The molecule has 2 aliphatic carbocycles. The molecule has 4 rings (SSSR count). The van der Waals surface area contributed by atoms with Crippen LogP contribution in [-0.4, -0.2) is 86.8 Å². The number of ether oxygens (including phenoxy) is 3. The minimum absolute atomic E-state index is 0.0251. The van der Waals surface area contributed by atoms with E-state index in [9.17, 15) is 24.6 Å². The Bertz CT molecular complexity index is 2680. The fourth-order valence-electron chi connectivity index (χ4n) is 15.3. The monoisotopic (exact) mass is 1290 g/mol. The lowest BCUT2D eigenvalue weighted by Gasteiger charge is -2.50. The number of thioether (sulfide) groups is 1. The van der Waals surface area contributed by atoms with E-state index in [0.29, 0.717) is 92.7 Å². The van der Waals surface area contributed by atoms with Crippen LogP contribution in [0.3, 0.4) is 0 Å². The molecule has 0 spiro atoms. The normalized spacial score (nSPS) is 23.3. The molecule has 3 aliphatic rings. The summed E-state index contributed by atoms with van der Waals surface area (Å²) >= 11 is 1.11. The number of carboxylic acids is 2. The van der Waals surface area contributed by atoms with E-state index in [-0.39, 0.29) is 107 Å². The predicted octanol–water partition coefficient (Wildman–Crippen LogP) is 18.5. The Kier molecular flexibility index (Phi) is 28.1. The number of amides is 2. The number of hydrogen-bond donors (Lipinski definition) is 4. The lowest BCUT2D eigenvalue weighted by molar-refractivity contribution is -0.154. The molecule has 2 fully saturated rings. The van der Waals surface area contributed by atoms with Crippen LogP contribution in [0.4, 0.5) is 5.82 Å². The number of anilines is 1. The van der Waals surface area contributed by atoms with Gasteiger partial charge in [-0.1, -0.05) is 159 Å². The van der Waals surface area contributed by atoms with E-state index in [1.807, 2.05) is 41.7 Å². The van der Waals surface area contributed by atoms with E-state index < -0.39 is 39.9 Å². The minimum Gasteiger partial charge on any atom is -0.481 e. The van der Waals surface area contributed by atoms with Crippen LogP contribution in [0.25, 0.3) is 6.08 Å². The number of nitrogens with one attached hydrogen (secondary N) is 2. The van der Waals surface area contributed by atoms with Gasteiger partial charge < -0.3 is 39.6 Å². The first-order valence-corrected chi connectivity index (χ1v) is 36.3. The van der Waals surface area contributed by atoms with Gasteiger partial charge in [0.15, 0.2) is 0 Å². The summed E-state index contributed by atoms with van der Waals surface area (Å²) in [4.78, 5) is 73.1. The summed E-state index contributed by atoms with van der Waals surface area (Å²) in [6.45, 7) is 56.3. The van der Waals surface area contributed by atoms with Crippen molar-refractivity contribution in [3.05, 3.63) is 33.7 Å². The van der Waals surface area contributed by atoms with Gasteiger partial charge in [0.1, 0.15) is 16.9 Å². The number of esters is 1. The van der Waals surface area contributed by atoms with Crippen molar-refractivity contribution in [2.45, 2.75) is 293 Å². The van der Waals surface area contributed by atoms with E-state index in [1.165, 1.54) is 0 Å². The van der Waals surface area contributed by atoms with Crippen molar-refractivity contribution in [3.8, 4) is 0 Å². The van der Waals surface area contributed by atoms with Crippen molar-refractivity contribution in [2.24, 2.45) is 91.4 Å². The topological polar surface area (TPSA) is 195 Å². The molecule has 5 unspecified atom stereocenters. The number of aliphatic imine (C=N–C) groups is 1. The van der Waals surface area contributed by atoms with Crippen LogP contribution in [0.5, 0.6) is 0 Å². The maximum atomic E-state index is 15.5. The molecule has 520 valence electrons. The van der Waals surface area contributed by atoms with Gasteiger partial charge in [0, 0.05) is 34.7 Å². The summed E-state index contributed by atoms with van der Waals surface area (Å²) in [6, 6.07) is 0. The van der Waals surface area contributed by atoms with Crippen molar-refractivity contribution in [1.82, 2.24) is 9.88 Å². The number of allylic oxidation sites excluding steroid dienone is 1. The second kappa shape index (κ2) is 32.2. The molecule has 1 aliphatic heterocycles. The third-order valence-corrected chi connectivity index (χ3v) is 23.3. The minimum atomic E-state index is -1.16. The summed E-state index contributed by atoms with van der Waals surface area (Å²) in [5.41, 5.74) is 3.08. The van der Waals surface area contributed by atoms with Gasteiger partial charge >= 0.3 is 17.9 Å². The van der Waals surface area contributed by atoms with Crippen LogP contribution in [-0.2, 0) is 51.8 Å². The molecule has 91 heavy (non-hydrogen) atoms. The summed E-state index contributed by atoms with van der Waals surface area (Å²) in [5.74, 6) is 0.824. The van der Waals surface area contributed by atoms with Gasteiger partial charge in [0.2, 0.25) is 11.8 Å². The molecule has 2 heterocycles. The largest absolute Gasteiger partial charge is 0.481 e. The Morgan fingerprint density at radius 1 is 0.637 bits per heavy atom. The molecule has 2 saturated carbocycles. The van der Waals surface area contributed by atoms with Crippen molar-refractivity contribution in [3.63, 3.8) is 0 Å². The predicted molar refractivity (Wildman–Crippen MR) is 376 cm³/mol. The zero-order chi connectivity index (χ0) is 69.3. The summed E-state index contributed by atoms with van der Waals surface area (Å²) in [7, 11) is 2.03. The lowest BCUT2D eigenvalue weighted by Crippen LogP contribution is -2.49. The van der Waals surface area contributed by atoms with Crippen LogP contribution >= 0.6 is 11.8 Å². The number of carbonyl (C=O) groups excluding carboxylic acids is 3. The molecule has 2 amide bonds. The molecule has 0 radical (unpaired) electrons. The Hall–Kier alpha value is -3.95. The maximum absolute atomic E-state index is 15.5. The average Bonchev–Trinajstić information content (AvgIpc) is 1.72. The molecule has 0 bridgehead atoms. The number of nitrogens with zero attached hydrogens (tertiary/aromatic N) is 2. The van der Waals surface area contributed by atoms with E-state index in [4.69, 9.17) is 19.2 Å². The number of aromatic nitrogens is 1. The third kappa shape index (κ3) is 19.8. The van der Waals surface area contributed by atoms with Crippen LogP contribution in [0.2, 0.25) is 0 Å².